The highest BCUT2D eigenvalue weighted by Crippen LogP contribution is 2.14. The van der Waals surface area contributed by atoms with Crippen LogP contribution < -0.4 is 0 Å². The monoisotopic (exact) mass is 358 g/mol. The van der Waals surface area contributed by atoms with Gasteiger partial charge in [0.05, 0.1) is 12.4 Å². The number of rotatable bonds is 16. The number of allylic oxidation sites excluding steroid dienone is 4. The fourth-order valence-corrected chi connectivity index (χ4v) is 3.23. The van der Waals surface area contributed by atoms with Gasteiger partial charge in [0.25, 0.3) is 10.1 Å². The first kappa shape index (κ1) is 23.4. The summed E-state index contributed by atoms with van der Waals surface area (Å²) in [6.07, 6.45) is 22.7. The molecule has 0 atom stereocenters. The van der Waals surface area contributed by atoms with Crippen LogP contribution in [-0.4, -0.2) is 20.8 Å². The van der Waals surface area contributed by atoms with Crippen LogP contribution in [-0.2, 0) is 14.3 Å². The van der Waals surface area contributed by atoms with Crippen molar-refractivity contribution in [2.24, 2.45) is 0 Å². The van der Waals surface area contributed by atoms with Gasteiger partial charge in [-0.1, -0.05) is 63.8 Å². The van der Waals surface area contributed by atoms with Gasteiger partial charge < -0.3 is 0 Å². The van der Waals surface area contributed by atoms with Crippen LogP contribution in [0, 0.1) is 0 Å². The Bertz CT molecular complexity index is 400. The van der Waals surface area contributed by atoms with Gasteiger partial charge in [0, 0.05) is 0 Å². The van der Waals surface area contributed by atoms with Crippen molar-refractivity contribution >= 4 is 10.1 Å². The average Bonchev–Trinajstić information content (AvgIpc) is 2.51. The molecule has 0 radical (unpaired) electrons. The predicted molar refractivity (Wildman–Crippen MR) is 105 cm³/mol. The van der Waals surface area contributed by atoms with Crippen molar-refractivity contribution in [2.75, 3.05) is 6.26 Å². The smallest absolute Gasteiger partial charge is 0.264 e. The molecule has 0 bridgehead atoms. The van der Waals surface area contributed by atoms with E-state index in [-0.39, 0.29) is 6.10 Å². The van der Waals surface area contributed by atoms with Crippen molar-refractivity contribution in [2.45, 2.75) is 97.0 Å². The van der Waals surface area contributed by atoms with Gasteiger partial charge in [0.2, 0.25) is 0 Å². The summed E-state index contributed by atoms with van der Waals surface area (Å²) in [6, 6.07) is 0. The Morgan fingerprint density at radius 2 is 1.17 bits per heavy atom. The Morgan fingerprint density at radius 3 is 1.54 bits per heavy atom. The summed E-state index contributed by atoms with van der Waals surface area (Å²) in [5.74, 6) is 0. The van der Waals surface area contributed by atoms with E-state index in [1.807, 2.05) is 0 Å². The molecular formula is C20H38O3S. The molecule has 0 saturated carbocycles. The summed E-state index contributed by atoms with van der Waals surface area (Å²) >= 11 is 0. The fraction of sp³-hybridized carbons (Fsp3) is 0.800. The maximum Gasteiger partial charge on any atom is 0.264 e. The second-order valence-electron chi connectivity index (χ2n) is 6.51. The van der Waals surface area contributed by atoms with Crippen LogP contribution in [0.15, 0.2) is 24.3 Å². The zero-order chi connectivity index (χ0) is 18.1. The summed E-state index contributed by atoms with van der Waals surface area (Å²) in [5, 5.41) is 0. The zero-order valence-corrected chi connectivity index (χ0v) is 16.8. The highest BCUT2D eigenvalue weighted by atomic mass is 32.2. The molecule has 0 aliphatic rings. The Balaban J connectivity index is 4.06. The van der Waals surface area contributed by atoms with Crippen molar-refractivity contribution in [1.82, 2.24) is 0 Å². The highest BCUT2D eigenvalue weighted by Gasteiger charge is 2.14. The molecule has 0 heterocycles. The molecule has 142 valence electrons. The lowest BCUT2D eigenvalue weighted by Crippen LogP contribution is -2.17. The molecule has 3 nitrogen and oxygen atoms in total. The maximum atomic E-state index is 11.4. The van der Waals surface area contributed by atoms with Crippen molar-refractivity contribution in [3.8, 4) is 0 Å². The van der Waals surface area contributed by atoms with E-state index in [2.05, 4.69) is 38.2 Å². The van der Waals surface area contributed by atoms with E-state index in [0.29, 0.717) is 0 Å². The van der Waals surface area contributed by atoms with Gasteiger partial charge in [-0.3, -0.25) is 4.18 Å². The minimum Gasteiger partial charge on any atom is -0.267 e. The topological polar surface area (TPSA) is 43.4 Å². The third-order valence-corrected chi connectivity index (χ3v) is 4.53. The molecule has 0 saturated heterocycles. The average molecular weight is 359 g/mol. The molecule has 0 amide bonds. The van der Waals surface area contributed by atoms with Crippen LogP contribution in [0.2, 0.25) is 0 Å². The molecule has 0 fully saturated rings. The lowest BCUT2D eigenvalue weighted by atomic mass is 10.1. The molecule has 0 N–H and O–H groups in total. The molecule has 0 aliphatic carbocycles. The summed E-state index contributed by atoms with van der Waals surface area (Å²) in [5.41, 5.74) is 0. The van der Waals surface area contributed by atoms with E-state index < -0.39 is 10.1 Å². The Hall–Kier alpha value is -0.610. The fourth-order valence-electron chi connectivity index (χ4n) is 2.55. The molecule has 0 aromatic carbocycles. The van der Waals surface area contributed by atoms with E-state index in [9.17, 15) is 8.42 Å². The number of hydrogen-bond donors (Lipinski definition) is 0. The zero-order valence-electron chi connectivity index (χ0n) is 16.0. The van der Waals surface area contributed by atoms with Gasteiger partial charge in [-0.15, -0.1) is 0 Å². The van der Waals surface area contributed by atoms with Crippen LogP contribution in [0.5, 0.6) is 0 Å². The summed E-state index contributed by atoms with van der Waals surface area (Å²) in [6.45, 7) is 4.41. The molecule has 0 rings (SSSR count). The molecule has 0 unspecified atom stereocenters. The van der Waals surface area contributed by atoms with Crippen LogP contribution in [0.25, 0.3) is 0 Å². The summed E-state index contributed by atoms with van der Waals surface area (Å²) in [7, 11) is -3.38. The van der Waals surface area contributed by atoms with Gasteiger partial charge in [-0.2, -0.15) is 8.42 Å². The normalized spacial score (nSPS) is 12.8. The molecular weight excluding hydrogens is 320 g/mol. The third kappa shape index (κ3) is 17.7. The van der Waals surface area contributed by atoms with Crippen LogP contribution >= 0.6 is 0 Å². The Kier molecular flexibility index (Phi) is 15.5. The first-order valence-corrected chi connectivity index (χ1v) is 11.5. The van der Waals surface area contributed by atoms with Gasteiger partial charge in [0.1, 0.15) is 0 Å². The standard InChI is InChI=1S/C20H38O3S/c1-4-6-8-10-12-14-16-18-20(23-24(3,21)22)19-17-15-13-11-9-7-5-2/h12-15,20H,4-11,16-19H2,1-3H3/b14-12-,15-13-. The van der Waals surface area contributed by atoms with Gasteiger partial charge in [-0.05, 0) is 51.4 Å². The predicted octanol–water partition coefficient (Wildman–Crippen LogP) is 6.16. The summed E-state index contributed by atoms with van der Waals surface area (Å²) < 4.78 is 28.0. The van der Waals surface area contributed by atoms with Crippen molar-refractivity contribution in [1.29, 1.82) is 0 Å². The van der Waals surface area contributed by atoms with Crippen molar-refractivity contribution in [3.05, 3.63) is 24.3 Å². The molecule has 0 aromatic heterocycles. The molecule has 4 heteroatoms. The van der Waals surface area contributed by atoms with Crippen LogP contribution in [0.3, 0.4) is 0 Å². The van der Waals surface area contributed by atoms with Crippen molar-refractivity contribution < 1.29 is 12.6 Å². The molecule has 0 aliphatic heterocycles. The first-order valence-electron chi connectivity index (χ1n) is 9.67. The van der Waals surface area contributed by atoms with Gasteiger partial charge >= 0.3 is 0 Å². The SMILES string of the molecule is CCCCC/C=C\CCC(CC/C=C\CCCCC)OS(C)(=O)=O. The van der Waals surface area contributed by atoms with E-state index >= 15 is 0 Å². The van der Waals surface area contributed by atoms with Crippen LogP contribution in [0.4, 0.5) is 0 Å². The quantitative estimate of drug-likeness (QED) is 0.188. The van der Waals surface area contributed by atoms with Crippen LogP contribution in [0.1, 0.15) is 90.9 Å². The summed E-state index contributed by atoms with van der Waals surface area (Å²) in [4.78, 5) is 0. The number of hydrogen-bond acceptors (Lipinski definition) is 3. The largest absolute Gasteiger partial charge is 0.267 e. The van der Waals surface area contributed by atoms with E-state index in [1.54, 1.807) is 0 Å². The van der Waals surface area contributed by atoms with Crippen molar-refractivity contribution in [3.63, 3.8) is 0 Å². The second kappa shape index (κ2) is 15.9. The molecule has 24 heavy (non-hydrogen) atoms. The third-order valence-electron chi connectivity index (χ3n) is 3.90. The minimum atomic E-state index is -3.38. The number of unbranched alkanes of at least 4 members (excludes halogenated alkanes) is 6. The first-order chi connectivity index (χ1) is 11.5. The maximum absolute atomic E-state index is 11.4. The highest BCUT2D eigenvalue weighted by molar-refractivity contribution is 7.86. The second-order valence-corrected chi connectivity index (χ2v) is 8.11. The van der Waals surface area contributed by atoms with E-state index in [1.165, 1.54) is 38.5 Å². The minimum absolute atomic E-state index is 0.208. The lowest BCUT2D eigenvalue weighted by molar-refractivity contribution is 0.193. The Labute approximate surface area is 150 Å². The molecule has 0 spiro atoms. The van der Waals surface area contributed by atoms with E-state index in [4.69, 9.17) is 4.18 Å². The Morgan fingerprint density at radius 1 is 0.750 bits per heavy atom. The van der Waals surface area contributed by atoms with Gasteiger partial charge in [-0.25, -0.2) is 0 Å². The lowest BCUT2D eigenvalue weighted by Gasteiger charge is -2.14. The molecule has 0 aromatic rings. The van der Waals surface area contributed by atoms with E-state index in [0.717, 1.165) is 44.8 Å². The van der Waals surface area contributed by atoms with Gasteiger partial charge in [0.15, 0.2) is 0 Å².